The fraction of sp³-hybridized carbons (Fsp3) is 0.0833. The Kier molecular flexibility index (Phi) is 4.87. The molecule has 0 unspecified atom stereocenters. The predicted octanol–water partition coefficient (Wildman–Crippen LogP) is 8.93. The van der Waals surface area contributed by atoms with Gasteiger partial charge in [0.1, 0.15) is 7.05 Å². The lowest BCUT2D eigenvalue weighted by Gasteiger charge is -2.26. The Morgan fingerprint density at radius 1 is 0.459 bits per heavy atom. The predicted molar refractivity (Wildman–Crippen MR) is 155 cm³/mol. The van der Waals surface area contributed by atoms with Crippen molar-refractivity contribution in [1.29, 1.82) is 0 Å². The minimum Gasteiger partial charge on any atom is -0.194 e. The number of benzene rings is 5. The fourth-order valence-corrected chi connectivity index (χ4v) is 6.17. The van der Waals surface area contributed by atoms with Gasteiger partial charge in [-0.3, -0.25) is 0 Å². The number of fused-ring (bicyclic) bond motifs is 9. The summed E-state index contributed by atoms with van der Waals surface area (Å²) in [5.74, 6) is 0. The van der Waals surface area contributed by atoms with Crippen molar-refractivity contribution < 1.29 is 4.57 Å². The molecule has 6 aromatic rings. The fourth-order valence-electron chi connectivity index (χ4n) is 6.17. The third kappa shape index (κ3) is 3.21. The van der Waals surface area contributed by atoms with Crippen LogP contribution in [0.1, 0.15) is 11.1 Å². The zero-order valence-electron chi connectivity index (χ0n) is 21.4. The highest BCUT2D eigenvalue weighted by Gasteiger charge is 2.28. The lowest BCUT2D eigenvalue weighted by Crippen LogP contribution is -2.32. The summed E-state index contributed by atoms with van der Waals surface area (Å²) in [7, 11) is 2.20. The summed E-state index contributed by atoms with van der Waals surface area (Å²) in [5.41, 5.74) is 16.7. The lowest BCUT2D eigenvalue weighted by molar-refractivity contribution is -0.633. The van der Waals surface area contributed by atoms with E-state index in [-0.39, 0.29) is 0 Å². The van der Waals surface area contributed by atoms with Gasteiger partial charge >= 0.3 is 0 Å². The summed E-state index contributed by atoms with van der Waals surface area (Å²) in [6.07, 6.45) is 0. The molecule has 0 saturated carbocycles. The van der Waals surface area contributed by atoms with Crippen molar-refractivity contribution >= 4 is 10.9 Å². The molecule has 1 aromatic heterocycles. The minimum absolute atomic E-state index is 1.23. The third-order valence-electron chi connectivity index (χ3n) is 8.10. The summed E-state index contributed by atoms with van der Waals surface area (Å²) in [5, 5.41) is 1.25. The summed E-state index contributed by atoms with van der Waals surface area (Å²) in [6, 6.07) is 42.3. The maximum absolute atomic E-state index is 2.40. The second kappa shape index (κ2) is 8.28. The molecule has 0 atom stereocenters. The summed E-state index contributed by atoms with van der Waals surface area (Å²) in [4.78, 5) is 0. The molecule has 1 heteroatoms. The number of aryl methyl sites for hydroxylation is 2. The highest BCUT2D eigenvalue weighted by atomic mass is 14.9. The molecule has 37 heavy (non-hydrogen) atoms. The Balaban J connectivity index is 1.70. The van der Waals surface area contributed by atoms with Gasteiger partial charge in [0.25, 0.3) is 0 Å². The first kappa shape index (κ1) is 21.8. The Bertz CT molecular complexity index is 1860. The lowest BCUT2D eigenvalue weighted by atomic mass is 9.77. The van der Waals surface area contributed by atoms with E-state index in [0.29, 0.717) is 0 Å². The van der Waals surface area contributed by atoms with E-state index in [9.17, 15) is 0 Å². The molecule has 0 saturated heterocycles. The van der Waals surface area contributed by atoms with E-state index < -0.39 is 0 Å². The van der Waals surface area contributed by atoms with E-state index in [4.69, 9.17) is 0 Å². The van der Waals surface area contributed by atoms with Crippen LogP contribution in [-0.2, 0) is 7.05 Å². The number of hydrogen-bond donors (Lipinski definition) is 0. The normalized spacial score (nSPS) is 11.6. The van der Waals surface area contributed by atoms with Crippen molar-refractivity contribution in [3.63, 3.8) is 0 Å². The number of rotatable bonds is 1. The molecule has 1 aliphatic rings. The van der Waals surface area contributed by atoms with Crippen molar-refractivity contribution in [3.8, 4) is 55.8 Å². The number of aromatic nitrogens is 1. The zero-order chi connectivity index (χ0) is 25.1. The first-order valence-electron chi connectivity index (χ1n) is 12.9. The van der Waals surface area contributed by atoms with Crippen LogP contribution in [0, 0.1) is 13.8 Å². The Morgan fingerprint density at radius 2 is 0.946 bits per heavy atom. The quantitative estimate of drug-likeness (QED) is 0.209. The van der Waals surface area contributed by atoms with E-state index in [1.54, 1.807) is 0 Å². The Hall–Kier alpha value is -4.49. The maximum atomic E-state index is 2.40. The van der Waals surface area contributed by atoms with E-state index in [2.05, 4.69) is 141 Å². The van der Waals surface area contributed by atoms with Crippen molar-refractivity contribution in [3.05, 3.63) is 126 Å². The van der Waals surface area contributed by atoms with Gasteiger partial charge in [-0.15, -0.1) is 0 Å². The van der Waals surface area contributed by atoms with Crippen LogP contribution in [0.4, 0.5) is 0 Å². The van der Waals surface area contributed by atoms with Crippen molar-refractivity contribution in [2.45, 2.75) is 13.8 Å². The molecule has 0 radical (unpaired) electrons. The first-order chi connectivity index (χ1) is 18.1. The highest BCUT2D eigenvalue weighted by Crippen LogP contribution is 2.51. The van der Waals surface area contributed by atoms with Gasteiger partial charge in [0.15, 0.2) is 0 Å². The smallest absolute Gasteiger partial charge is 0.194 e. The van der Waals surface area contributed by atoms with Crippen LogP contribution in [0.25, 0.3) is 66.7 Å². The molecule has 1 nitrogen and oxygen atoms in total. The van der Waals surface area contributed by atoms with Gasteiger partial charge in [-0.1, -0.05) is 91.0 Å². The van der Waals surface area contributed by atoms with Crippen molar-refractivity contribution in [2.24, 2.45) is 7.05 Å². The van der Waals surface area contributed by atoms with Gasteiger partial charge in [-0.25, -0.2) is 0 Å². The Labute approximate surface area is 218 Å². The molecular weight excluding hydrogens is 446 g/mol. The van der Waals surface area contributed by atoms with Crippen LogP contribution in [0.2, 0.25) is 0 Å². The van der Waals surface area contributed by atoms with Crippen LogP contribution >= 0.6 is 0 Å². The van der Waals surface area contributed by atoms with Gasteiger partial charge in [-0.2, -0.15) is 4.57 Å². The van der Waals surface area contributed by atoms with E-state index in [1.807, 2.05) is 0 Å². The van der Waals surface area contributed by atoms with Crippen molar-refractivity contribution in [1.82, 2.24) is 0 Å². The van der Waals surface area contributed by atoms with E-state index >= 15 is 0 Å². The highest BCUT2D eigenvalue weighted by molar-refractivity contribution is 6.07. The molecule has 5 aromatic carbocycles. The van der Waals surface area contributed by atoms with Gasteiger partial charge in [0, 0.05) is 23.1 Å². The summed E-state index contributed by atoms with van der Waals surface area (Å²) in [6.45, 7) is 4.53. The summed E-state index contributed by atoms with van der Waals surface area (Å²) >= 11 is 0. The number of nitrogens with zero attached hydrogens (tertiary/aromatic N) is 1. The SMILES string of the molecule is Cc1cc2c(c(-c3ccc4ccccc4[n+]3C)c1C)-c1ccccc1-c1ccccc1-c1ccccc1-2. The molecule has 0 aliphatic heterocycles. The molecule has 1 heterocycles. The average Bonchev–Trinajstić information content (AvgIpc) is 2.94. The van der Waals surface area contributed by atoms with Gasteiger partial charge in [0.2, 0.25) is 11.2 Å². The first-order valence-corrected chi connectivity index (χ1v) is 12.9. The largest absolute Gasteiger partial charge is 0.213 e. The molecule has 0 spiro atoms. The molecule has 0 fully saturated rings. The van der Waals surface area contributed by atoms with Crippen LogP contribution in [-0.4, -0.2) is 0 Å². The number of hydrogen-bond acceptors (Lipinski definition) is 0. The van der Waals surface area contributed by atoms with Gasteiger partial charge in [0.05, 0.1) is 5.56 Å². The van der Waals surface area contributed by atoms with Crippen LogP contribution < -0.4 is 4.57 Å². The van der Waals surface area contributed by atoms with Crippen LogP contribution in [0.3, 0.4) is 0 Å². The third-order valence-corrected chi connectivity index (χ3v) is 8.10. The van der Waals surface area contributed by atoms with Crippen LogP contribution in [0.15, 0.2) is 115 Å². The maximum Gasteiger partial charge on any atom is 0.213 e. The molecular formula is C36H28N+. The molecule has 176 valence electrons. The molecule has 0 bridgehead atoms. The second-order valence-corrected chi connectivity index (χ2v) is 10.1. The molecule has 0 N–H and O–H groups in total. The zero-order valence-corrected chi connectivity index (χ0v) is 21.4. The van der Waals surface area contributed by atoms with Crippen molar-refractivity contribution in [2.75, 3.05) is 0 Å². The van der Waals surface area contributed by atoms with Crippen LogP contribution in [0.5, 0.6) is 0 Å². The van der Waals surface area contributed by atoms with Gasteiger partial charge in [-0.05, 0) is 76.1 Å². The standard InChI is InChI=1S/C36H28N/c1-23-22-32-30-17-8-7-15-28(30)26-13-5-6-14-27(26)29-16-9-10-18-31(29)36(32)35(24(23)2)34-21-20-25-12-4-11-19-33(25)37(34)3/h4-22H,1-3H3/q+1. The molecule has 1 aliphatic carbocycles. The van der Waals surface area contributed by atoms with E-state index in [0.717, 1.165) is 0 Å². The number of pyridine rings is 1. The molecule has 7 rings (SSSR count). The second-order valence-electron chi connectivity index (χ2n) is 10.1. The minimum atomic E-state index is 1.23. The Morgan fingerprint density at radius 3 is 1.57 bits per heavy atom. The van der Waals surface area contributed by atoms with Gasteiger partial charge < -0.3 is 0 Å². The molecule has 0 amide bonds. The average molecular weight is 475 g/mol. The number of para-hydroxylation sites is 1. The monoisotopic (exact) mass is 474 g/mol. The topological polar surface area (TPSA) is 3.88 Å². The van der Waals surface area contributed by atoms with E-state index in [1.165, 1.54) is 77.8 Å². The summed E-state index contributed by atoms with van der Waals surface area (Å²) < 4.78 is 2.36.